The third-order valence-corrected chi connectivity index (χ3v) is 9.71. The number of aryl methyl sites for hydroxylation is 2. The van der Waals surface area contributed by atoms with Crippen molar-refractivity contribution in [1.82, 2.24) is 5.32 Å². The minimum atomic E-state index is -0.0178. The molecule has 222 valence electrons. The van der Waals surface area contributed by atoms with Gasteiger partial charge in [-0.05, 0) is 86.3 Å². The summed E-state index contributed by atoms with van der Waals surface area (Å²) in [5.41, 5.74) is 6.96. The summed E-state index contributed by atoms with van der Waals surface area (Å²) in [4.78, 5) is 29.0. The van der Waals surface area contributed by atoms with Gasteiger partial charge in [-0.3, -0.25) is 9.59 Å². The molecule has 0 bridgehead atoms. The van der Waals surface area contributed by atoms with Crippen LogP contribution >= 0.6 is 0 Å². The smallest absolute Gasteiger partial charge is 0.227 e. The number of nitrogens with one attached hydrogen (secondary N) is 1. The molecule has 0 aliphatic heterocycles. The molecular formula is C38H48N2O2. The number of hydrogen-bond donors (Lipinski definition) is 1. The van der Waals surface area contributed by atoms with E-state index in [1.165, 1.54) is 47.9 Å². The van der Waals surface area contributed by atoms with Crippen LogP contribution in [0.15, 0.2) is 72.8 Å². The highest BCUT2D eigenvalue weighted by Crippen LogP contribution is 2.39. The monoisotopic (exact) mass is 564 g/mol. The Kier molecular flexibility index (Phi) is 10.2. The SMILES string of the molecule is Cc1ccc(C(C)NC(=O)[C@H]2CCCC[C@@H]2c2ccc(CN(C(=O)CCC3CCCC3)c3ccccc3)cc2)c(C)c1. The van der Waals surface area contributed by atoms with Crippen molar-refractivity contribution in [2.75, 3.05) is 4.90 Å². The van der Waals surface area contributed by atoms with E-state index in [1.54, 1.807) is 0 Å². The zero-order valence-corrected chi connectivity index (χ0v) is 25.8. The lowest BCUT2D eigenvalue weighted by molar-refractivity contribution is -0.127. The zero-order valence-electron chi connectivity index (χ0n) is 25.8. The molecule has 2 aliphatic rings. The highest BCUT2D eigenvalue weighted by Gasteiger charge is 2.33. The van der Waals surface area contributed by atoms with Gasteiger partial charge in [0.15, 0.2) is 0 Å². The minimum Gasteiger partial charge on any atom is -0.349 e. The van der Waals surface area contributed by atoms with Crippen molar-refractivity contribution < 1.29 is 9.59 Å². The molecule has 0 aromatic heterocycles. The Hall–Kier alpha value is -3.40. The van der Waals surface area contributed by atoms with E-state index < -0.39 is 0 Å². The van der Waals surface area contributed by atoms with Crippen molar-refractivity contribution in [3.8, 4) is 0 Å². The van der Waals surface area contributed by atoms with E-state index in [-0.39, 0.29) is 29.7 Å². The molecule has 2 saturated carbocycles. The second kappa shape index (κ2) is 14.2. The molecule has 3 aromatic carbocycles. The van der Waals surface area contributed by atoms with Crippen molar-refractivity contribution in [3.63, 3.8) is 0 Å². The van der Waals surface area contributed by atoms with Crippen LogP contribution in [0, 0.1) is 25.7 Å². The number of hydrogen-bond acceptors (Lipinski definition) is 2. The third-order valence-electron chi connectivity index (χ3n) is 9.71. The predicted octanol–water partition coefficient (Wildman–Crippen LogP) is 8.96. The molecule has 2 amide bonds. The van der Waals surface area contributed by atoms with Crippen LogP contribution in [0.3, 0.4) is 0 Å². The predicted molar refractivity (Wildman–Crippen MR) is 172 cm³/mol. The topological polar surface area (TPSA) is 49.4 Å². The summed E-state index contributed by atoms with van der Waals surface area (Å²) in [5.74, 6) is 1.28. The summed E-state index contributed by atoms with van der Waals surface area (Å²) in [5, 5.41) is 3.34. The van der Waals surface area contributed by atoms with Gasteiger partial charge in [-0.2, -0.15) is 0 Å². The lowest BCUT2D eigenvalue weighted by atomic mass is 9.74. The molecular weight excluding hydrogens is 516 g/mol. The summed E-state index contributed by atoms with van der Waals surface area (Å²) in [6.07, 6.45) is 11.0. The first kappa shape index (κ1) is 30.1. The number of para-hydroxylation sites is 1. The third kappa shape index (κ3) is 7.51. The Bertz CT molecular complexity index is 1330. The first-order chi connectivity index (χ1) is 20.4. The Labute approximate surface area is 252 Å². The Morgan fingerprint density at radius 1 is 0.857 bits per heavy atom. The normalized spacial score (nSPS) is 19.8. The van der Waals surface area contributed by atoms with Gasteiger partial charge in [-0.1, -0.05) is 105 Å². The molecule has 1 N–H and O–H groups in total. The van der Waals surface area contributed by atoms with Crippen molar-refractivity contribution in [3.05, 3.63) is 101 Å². The van der Waals surface area contributed by atoms with Crippen LogP contribution in [0.1, 0.15) is 111 Å². The standard InChI is InChI=1S/C38H48N2O2/c1-27-17-23-34(28(2)25-27)29(3)39-38(42)36-16-10-9-15-35(36)32-21-18-31(19-22-32)26-40(33-13-5-4-6-14-33)37(41)24-20-30-11-7-8-12-30/h4-6,13-14,17-19,21-23,25,29-30,35-36H,7-12,15-16,20,24,26H2,1-3H3,(H,39,42)/t29?,35-,36+/m1/s1. The highest BCUT2D eigenvalue weighted by molar-refractivity contribution is 5.93. The lowest BCUT2D eigenvalue weighted by Gasteiger charge is -2.32. The van der Waals surface area contributed by atoms with Crippen LogP contribution in [-0.2, 0) is 16.1 Å². The van der Waals surface area contributed by atoms with Crippen molar-refractivity contribution in [2.24, 2.45) is 11.8 Å². The fourth-order valence-corrected chi connectivity index (χ4v) is 7.30. The van der Waals surface area contributed by atoms with E-state index in [1.807, 2.05) is 35.2 Å². The molecule has 3 atom stereocenters. The number of anilines is 1. The van der Waals surface area contributed by atoms with E-state index in [9.17, 15) is 9.59 Å². The van der Waals surface area contributed by atoms with E-state index in [0.29, 0.717) is 18.9 Å². The van der Waals surface area contributed by atoms with Gasteiger partial charge in [-0.15, -0.1) is 0 Å². The quantitative estimate of drug-likeness (QED) is 0.267. The van der Waals surface area contributed by atoms with E-state index in [4.69, 9.17) is 0 Å². The molecule has 4 nitrogen and oxygen atoms in total. The molecule has 5 rings (SSSR count). The van der Waals surface area contributed by atoms with Gasteiger partial charge in [0, 0.05) is 18.0 Å². The molecule has 0 heterocycles. The molecule has 42 heavy (non-hydrogen) atoms. The maximum Gasteiger partial charge on any atom is 0.227 e. The summed E-state index contributed by atoms with van der Waals surface area (Å²) in [7, 11) is 0. The van der Waals surface area contributed by atoms with E-state index >= 15 is 0 Å². The van der Waals surface area contributed by atoms with Gasteiger partial charge in [-0.25, -0.2) is 0 Å². The summed E-state index contributed by atoms with van der Waals surface area (Å²) >= 11 is 0. The Morgan fingerprint density at radius 2 is 1.55 bits per heavy atom. The maximum atomic E-state index is 13.6. The number of rotatable bonds is 10. The molecule has 0 spiro atoms. The van der Waals surface area contributed by atoms with Crippen LogP contribution in [0.5, 0.6) is 0 Å². The maximum absolute atomic E-state index is 13.6. The van der Waals surface area contributed by atoms with Crippen LogP contribution in [0.4, 0.5) is 5.69 Å². The van der Waals surface area contributed by atoms with Gasteiger partial charge in [0.25, 0.3) is 0 Å². The zero-order chi connectivity index (χ0) is 29.5. The fraction of sp³-hybridized carbons (Fsp3) is 0.474. The molecule has 2 aliphatic carbocycles. The molecule has 1 unspecified atom stereocenters. The average Bonchev–Trinajstić information content (AvgIpc) is 3.53. The van der Waals surface area contributed by atoms with Gasteiger partial charge < -0.3 is 10.2 Å². The second-order valence-electron chi connectivity index (χ2n) is 12.8. The summed E-state index contributed by atoms with van der Waals surface area (Å²) in [6.45, 7) is 6.88. The van der Waals surface area contributed by atoms with E-state index in [2.05, 4.69) is 68.6 Å². The Morgan fingerprint density at radius 3 is 2.26 bits per heavy atom. The van der Waals surface area contributed by atoms with Crippen molar-refractivity contribution in [2.45, 2.75) is 103 Å². The second-order valence-corrected chi connectivity index (χ2v) is 12.8. The van der Waals surface area contributed by atoms with E-state index in [0.717, 1.165) is 43.4 Å². The minimum absolute atomic E-state index is 0.0155. The van der Waals surface area contributed by atoms with Crippen molar-refractivity contribution in [1.29, 1.82) is 0 Å². The number of amides is 2. The van der Waals surface area contributed by atoms with Crippen LogP contribution < -0.4 is 10.2 Å². The molecule has 2 fully saturated rings. The molecule has 4 heteroatoms. The largest absolute Gasteiger partial charge is 0.349 e. The first-order valence-corrected chi connectivity index (χ1v) is 16.2. The number of benzene rings is 3. The van der Waals surface area contributed by atoms with Crippen LogP contribution in [-0.4, -0.2) is 11.8 Å². The Balaban J connectivity index is 1.26. The van der Waals surface area contributed by atoms with Crippen LogP contribution in [0.25, 0.3) is 0 Å². The van der Waals surface area contributed by atoms with Gasteiger partial charge in [0.1, 0.15) is 0 Å². The number of nitrogens with zero attached hydrogens (tertiary/aromatic N) is 1. The molecule has 0 saturated heterocycles. The van der Waals surface area contributed by atoms with Gasteiger partial charge in [0.2, 0.25) is 11.8 Å². The van der Waals surface area contributed by atoms with Gasteiger partial charge >= 0.3 is 0 Å². The van der Waals surface area contributed by atoms with Crippen molar-refractivity contribution >= 4 is 17.5 Å². The van der Waals surface area contributed by atoms with Crippen LogP contribution in [0.2, 0.25) is 0 Å². The fourth-order valence-electron chi connectivity index (χ4n) is 7.30. The van der Waals surface area contributed by atoms with Gasteiger partial charge in [0.05, 0.1) is 12.6 Å². The first-order valence-electron chi connectivity index (χ1n) is 16.2. The molecule has 0 radical (unpaired) electrons. The molecule has 3 aromatic rings. The number of carbonyl (C=O) groups excluding carboxylic acids is 2. The summed E-state index contributed by atoms with van der Waals surface area (Å²) < 4.78 is 0. The highest BCUT2D eigenvalue weighted by atomic mass is 16.2. The lowest BCUT2D eigenvalue weighted by Crippen LogP contribution is -2.37. The number of carbonyl (C=O) groups is 2. The average molecular weight is 565 g/mol. The summed E-state index contributed by atoms with van der Waals surface area (Å²) in [6, 6.07) is 25.2.